The van der Waals surface area contributed by atoms with Gasteiger partial charge in [0.15, 0.2) is 0 Å². The molecule has 1 heterocycles. The van der Waals surface area contributed by atoms with Gasteiger partial charge in [0.1, 0.15) is 17.5 Å². The van der Waals surface area contributed by atoms with Gasteiger partial charge in [-0.1, -0.05) is 6.07 Å². The van der Waals surface area contributed by atoms with Crippen LogP contribution in [0.3, 0.4) is 0 Å². The van der Waals surface area contributed by atoms with Crippen molar-refractivity contribution < 1.29 is 13.5 Å². The summed E-state index contributed by atoms with van der Waals surface area (Å²) in [7, 11) is 1.71. The van der Waals surface area contributed by atoms with Gasteiger partial charge in [-0.3, -0.25) is 0 Å². The van der Waals surface area contributed by atoms with Gasteiger partial charge in [-0.15, -0.1) is 0 Å². The zero-order valence-corrected chi connectivity index (χ0v) is 19.8. The number of ether oxygens (including phenoxy) is 1. The van der Waals surface area contributed by atoms with Crippen LogP contribution >= 0.6 is 0 Å². The Bertz CT molecular complexity index is 1030. The fourth-order valence-corrected chi connectivity index (χ4v) is 4.62. The molecule has 2 fully saturated rings. The lowest BCUT2D eigenvalue weighted by Gasteiger charge is -2.31. The second kappa shape index (κ2) is 10.7. The van der Waals surface area contributed by atoms with E-state index in [-0.39, 0.29) is 11.7 Å². The van der Waals surface area contributed by atoms with Gasteiger partial charge in [0, 0.05) is 37.3 Å². The van der Waals surface area contributed by atoms with E-state index in [1.54, 1.807) is 25.3 Å². The summed E-state index contributed by atoms with van der Waals surface area (Å²) >= 11 is 0. The van der Waals surface area contributed by atoms with Crippen molar-refractivity contribution in [3.05, 3.63) is 42.1 Å². The van der Waals surface area contributed by atoms with Crippen molar-refractivity contribution in [3.8, 4) is 17.2 Å². The lowest BCUT2D eigenvalue weighted by atomic mass is 9.90. The maximum Gasteiger partial charge on any atom is 0.149 e. The van der Waals surface area contributed by atoms with E-state index < -0.39 is 17.0 Å². The van der Waals surface area contributed by atoms with Crippen LogP contribution in [0.15, 0.2) is 30.5 Å². The minimum Gasteiger partial charge on any atom is -0.383 e. The van der Waals surface area contributed by atoms with E-state index in [1.165, 1.54) is 12.3 Å². The molecule has 6 nitrogen and oxygen atoms in total. The van der Waals surface area contributed by atoms with Crippen LogP contribution < -0.4 is 16.0 Å². The molecule has 0 radical (unpaired) electrons. The molecule has 0 aliphatic heterocycles. The fraction of sp³-hybridized carbons (Fsp3) is 0.538. The van der Waals surface area contributed by atoms with Crippen LogP contribution in [0.1, 0.15) is 45.4 Å². The van der Waals surface area contributed by atoms with Crippen LogP contribution in [0.5, 0.6) is 0 Å². The number of benzene rings is 1. The molecule has 182 valence electrons. The van der Waals surface area contributed by atoms with Gasteiger partial charge in [0.05, 0.1) is 30.0 Å². The lowest BCUT2D eigenvalue weighted by molar-refractivity contribution is 0.161. The molecule has 3 N–H and O–H groups in total. The highest BCUT2D eigenvalue weighted by Crippen LogP contribution is 2.45. The number of nitrogens with zero attached hydrogens (tertiary/aromatic N) is 2. The minimum atomic E-state index is -0.459. The second-order valence-corrected chi connectivity index (χ2v) is 9.71. The first-order chi connectivity index (χ1) is 16.4. The first-order valence-corrected chi connectivity index (χ1v) is 12.0. The highest BCUT2D eigenvalue weighted by Gasteiger charge is 2.43. The van der Waals surface area contributed by atoms with Gasteiger partial charge in [0.2, 0.25) is 0 Å². The topological polar surface area (TPSA) is 82.0 Å². The maximum absolute atomic E-state index is 14.7. The van der Waals surface area contributed by atoms with Gasteiger partial charge in [-0.2, -0.15) is 5.26 Å². The number of pyridine rings is 1. The highest BCUT2D eigenvalue weighted by molar-refractivity contribution is 5.71. The molecule has 34 heavy (non-hydrogen) atoms. The Hall–Kier alpha value is -2.76. The van der Waals surface area contributed by atoms with Crippen LogP contribution in [0.4, 0.5) is 20.3 Å². The largest absolute Gasteiger partial charge is 0.383 e. The van der Waals surface area contributed by atoms with Crippen molar-refractivity contribution in [2.24, 2.45) is 5.41 Å². The van der Waals surface area contributed by atoms with Crippen LogP contribution in [-0.4, -0.2) is 43.4 Å². The smallest absolute Gasteiger partial charge is 0.149 e. The molecule has 8 heteroatoms. The Labute approximate surface area is 200 Å². The number of methoxy groups -OCH3 is 1. The monoisotopic (exact) mass is 469 g/mol. The molecule has 4 rings (SSSR count). The number of anilines is 2. The zero-order valence-electron chi connectivity index (χ0n) is 19.8. The molecule has 1 aromatic heterocycles. The van der Waals surface area contributed by atoms with Crippen molar-refractivity contribution in [1.29, 1.82) is 5.26 Å². The lowest BCUT2D eigenvalue weighted by Crippen LogP contribution is -2.42. The Morgan fingerprint density at radius 2 is 1.88 bits per heavy atom. The summed E-state index contributed by atoms with van der Waals surface area (Å²) in [4.78, 5) is 4.23. The third-order valence-corrected chi connectivity index (χ3v) is 6.86. The minimum absolute atomic E-state index is 0.271. The molecule has 0 unspecified atom stereocenters. The van der Waals surface area contributed by atoms with Crippen molar-refractivity contribution in [2.45, 2.75) is 63.6 Å². The summed E-state index contributed by atoms with van der Waals surface area (Å²) in [5.74, 6) is -0.268. The molecule has 2 saturated carbocycles. The maximum atomic E-state index is 14.7. The molecule has 0 bridgehead atoms. The van der Waals surface area contributed by atoms with E-state index in [9.17, 15) is 14.0 Å². The van der Waals surface area contributed by atoms with Crippen LogP contribution in [-0.2, 0) is 4.74 Å². The molecule has 1 aromatic carbocycles. The fourth-order valence-electron chi connectivity index (χ4n) is 4.62. The van der Waals surface area contributed by atoms with Crippen LogP contribution in [0.2, 0.25) is 0 Å². The van der Waals surface area contributed by atoms with Crippen molar-refractivity contribution >= 4 is 11.5 Å². The second-order valence-electron chi connectivity index (χ2n) is 9.71. The van der Waals surface area contributed by atoms with E-state index in [0.717, 1.165) is 38.5 Å². The van der Waals surface area contributed by atoms with E-state index in [2.05, 4.69) is 33.9 Å². The molecule has 1 atom stereocenters. The summed E-state index contributed by atoms with van der Waals surface area (Å²) in [6.45, 7) is 3.21. The predicted octanol–water partition coefficient (Wildman–Crippen LogP) is 5.09. The zero-order chi connectivity index (χ0) is 24.1. The third kappa shape index (κ3) is 6.02. The molecule has 2 aliphatic rings. The molecule has 2 aromatic rings. The van der Waals surface area contributed by atoms with E-state index in [1.807, 2.05) is 0 Å². The first kappa shape index (κ1) is 24.4. The molecule has 0 amide bonds. The Kier molecular flexibility index (Phi) is 7.64. The summed E-state index contributed by atoms with van der Waals surface area (Å²) in [5, 5.41) is 19.3. The van der Waals surface area contributed by atoms with Gasteiger partial charge in [-0.25, -0.2) is 13.8 Å². The van der Waals surface area contributed by atoms with Crippen molar-refractivity contribution in [2.75, 3.05) is 30.9 Å². The van der Waals surface area contributed by atoms with Gasteiger partial charge in [0.25, 0.3) is 0 Å². The molecule has 2 aliphatic carbocycles. The molecule has 0 spiro atoms. The third-order valence-electron chi connectivity index (χ3n) is 6.86. The summed E-state index contributed by atoms with van der Waals surface area (Å²) in [5.41, 5.74) is 0.801. The van der Waals surface area contributed by atoms with Gasteiger partial charge in [-0.05, 0) is 69.2 Å². The van der Waals surface area contributed by atoms with Gasteiger partial charge >= 0.3 is 0 Å². The number of hydrogen-bond donors (Lipinski definition) is 3. The van der Waals surface area contributed by atoms with Crippen LogP contribution in [0.25, 0.3) is 11.1 Å². The highest BCUT2D eigenvalue weighted by atomic mass is 19.1. The molecule has 0 saturated heterocycles. The number of nitriles is 1. The summed E-state index contributed by atoms with van der Waals surface area (Å²) < 4.78 is 34.2. The normalized spacial score (nSPS) is 22.0. The average Bonchev–Trinajstić information content (AvgIpc) is 3.62. The van der Waals surface area contributed by atoms with Crippen molar-refractivity contribution in [3.63, 3.8) is 0 Å². The Morgan fingerprint density at radius 1 is 1.15 bits per heavy atom. The SMILES string of the molecule is COC[C@H](C)N[C@H]1CC[C@H](Nc2cc(-c3ccc(F)c(NCC4(C#N)CC4)c3)c(F)cn2)CC1. The van der Waals surface area contributed by atoms with E-state index >= 15 is 0 Å². The number of rotatable bonds is 10. The summed E-state index contributed by atoms with van der Waals surface area (Å²) in [6, 6.07) is 9.54. The number of nitrogens with one attached hydrogen (secondary N) is 3. The Balaban J connectivity index is 1.40. The number of hydrogen-bond acceptors (Lipinski definition) is 6. The van der Waals surface area contributed by atoms with Crippen molar-refractivity contribution in [1.82, 2.24) is 10.3 Å². The predicted molar refractivity (Wildman–Crippen MR) is 129 cm³/mol. The van der Waals surface area contributed by atoms with Gasteiger partial charge < -0.3 is 20.7 Å². The Morgan fingerprint density at radius 3 is 2.56 bits per heavy atom. The average molecular weight is 470 g/mol. The summed E-state index contributed by atoms with van der Waals surface area (Å²) in [6.07, 6.45) is 6.94. The number of halogens is 2. The van der Waals surface area contributed by atoms with E-state index in [0.29, 0.717) is 42.2 Å². The quantitative estimate of drug-likeness (QED) is 0.450. The number of aromatic nitrogens is 1. The van der Waals surface area contributed by atoms with E-state index in [4.69, 9.17) is 4.74 Å². The molecular weight excluding hydrogens is 436 g/mol. The first-order valence-electron chi connectivity index (χ1n) is 12.0. The molecular formula is C26H33F2N5O. The van der Waals surface area contributed by atoms with Crippen LogP contribution in [0, 0.1) is 28.4 Å². The standard InChI is InChI=1S/C26H33F2N5O/c1-17(14-34-2)32-19-4-6-20(7-5-19)33-25-12-21(23(28)13-30-25)18-3-8-22(27)24(11-18)31-16-26(15-29)9-10-26/h3,8,11-13,17,19-20,31-32H,4-7,9-10,14,16H2,1-2H3,(H,30,33)/t17-,19-,20-/m0/s1.